The second kappa shape index (κ2) is 21.3. The molecule has 8 bridgehead atoms. The Balaban J connectivity index is 1.32. The number of rotatable bonds is 12. The largest absolute Gasteiger partial charge is 0.497 e. The van der Waals surface area contributed by atoms with Crippen molar-refractivity contribution in [2.24, 2.45) is 0 Å². The first-order chi connectivity index (χ1) is 38.8. The van der Waals surface area contributed by atoms with Crippen LogP contribution in [-0.2, 0) is 0 Å². The fraction of sp³-hybridized carbons (Fsp3) is 0.189. The minimum atomic E-state index is 0.358. The highest BCUT2D eigenvalue weighted by Gasteiger charge is 2.24. The van der Waals surface area contributed by atoms with E-state index in [1.165, 1.54) is 22.3 Å². The molecule has 0 amide bonds. The average molecular weight is 1050 g/mol. The van der Waals surface area contributed by atoms with Crippen molar-refractivity contribution in [1.82, 2.24) is 19.9 Å². The van der Waals surface area contributed by atoms with Gasteiger partial charge >= 0.3 is 0 Å². The monoisotopic (exact) mass is 1040 g/mol. The number of aromatic nitrogens is 4. The first-order valence-electron chi connectivity index (χ1n) is 28.2. The quantitative estimate of drug-likeness (QED) is 0.128. The van der Waals surface area contributed by atoms with Gasteiger partial charge < -0.3 is 19.4 Å². The lowest BCUT2D eigenvalue weighted by atomic mass is 9.90. The van der Waals surface area contributed by atoms with Gasteiger partial charge in [-0.25, -0.2) is 9.97 Å². The maximum atomic E-state index is 5.91. The number of hydrogen-bond donors (Lipinski definition) is 2. The van der Waals surface area contributed by atoms with E-state index in [0.29, 0.717) is 23.7 Å². The molecule has 12 rings (SSSR count). The third-order valence-electron chi connectivity index (χ3n) is 16.2. The maximum Gasteiger partial charge on any atom is 0.119 e. The van der Waals surface area contributed by atoms with Crippen LogP contribution in [0.5, 0.6) is 11.5 Å². The van der Waals surface area contributed by atoms with Crippen LogP contribution in [0.3, 0.4) is 0 Å². The summed E-state index contributed by atoms with van der Waals surface area (Å²) in [6.45, 7) is 18.0. The molecule has 2 N–H and O–H groups in total. The molecule has 0 saturated heterocycles. The Morgan fingerprint density at radius 2 is 0.637 bits per heavy atom. The fourth-order valence-electron chi connectivity index (χ4n) is 11.6. The molecule has 0 saturated carbocycles. The highest BCUT2D eigenvalue weighted by molar-refractivity contribution is 6.19. The summed E-state index contributed by atoms with van der Waals surface area (Å²) in [5, 5.41) is 2.09. The molecule has 0 atom stereocenters. The van der Waals surface area contributed by atoms with Gasteiger partial charge in [-0.1, -0.05) is 177 Å². The number of hydrogen-bond acceptors (Lipinski definition) is 4. The Kier molecular flexibility index (Phi) is 13.8. The zero-order valence-electron chi connectivity index (χ0n) is 47.5. The Hall–Kier alpha value is -9.00. The third kappa shape index (κ3) is 9.63. The SMILES string of the molecule is COc1cccc(-c2cc3c4[nH]c(c(-c5ccc(C(C)C)cc5)c5nc(c(-c6ccc(C(C)C)cc6)c6ccc([nH]6)c(-c6ccc(C(C)C)cc6)c6nc(c4-c4ccc(C(C)C)cc4)C=C6)C=C5)c3cc2-c2cccc(OC)c2)c1. The molecule has 7 aromatic carbocycles. The van der Waals surface area contributed by atoms with E-state index in [1.54, 1.807) is 14.2 Å². The van der Waals surface area contributed by atoms with E-state index in [-0.39, 0.29) is 0 Å². The number of methoxy groups -OCH3 is 2. The van der Waals surface area contributed by atoms with E-state index >= 15 is 0 Å². The topological polar surface area (TPSA) is 75.8 Å². The molecule has 6 nitrogen and oxygen atoms in total. The van der Waals surface area contributed by atoms with E-state index in [1.807, 2.05) is 12.1 Å². The number of aromatic amines is 2. The molecule has 0 unspecified atom stereocenters. The van der Waals surface area contributed by atoms with Gasteiger partial charge in [0.2, 0.25) is 0 Å². The van der Waals surface area contributed by atoms with Crippen molar-refractivity contribution in [3.05, 3.63) is 215 Å². The zero-order valence-corrected chi connectivity index (χ0v) is 47.5. The summed E-state index contributed by atoms with van der Waals surface area (Å²) in [4.78, 5) is 19.8. The highest BCUT2D eigenvalue weighted by atomic mass is 16.5. The third-order valence-corrected chi connectivity index (χ3v) is 16.2. The summed E-state index contributed by atoms with van der Waals surface area (Å²) in [7, 11) is 3.45. The highest BCUT2D eigenvalue weighted by Crippen LogP contribution is 2.46. The molecule has 2 aliphatic heterocycles. The van der Waals surface area contributed by atoms with Crippen molar-refractivity contribution in [3.8, 4) is 78.3 Å². The number of ether oxygens (including phenoxy) is 2. The summed E-state index contributed by atoms with van der Waals surface area (Å²) in [5.41, 5.74) is 24.9. The van der Waals surface area contributed by atoms with Crippen molar-refractivity contribution in [1.29, 1.82) is 0 Å². The van der Waals surface area contributed by atoms with Gasteiger partial charge in [0.15, 0.2) is 0 Å². The van der Waals surface area contributed by atoms with Crippen LogP contribution in [0.2, 0.25) is 0 Å². The van der Waals surface area contributed by atoms with Crippen LogP contribution in [0.4, 0.5) is 0 Å². The summed E-state index contributed by atoms with van der Waals surface area (Å²) >= 11 is 0. The van der Waals surface area contributed by atoms with Gasteiger partial charge in [0.25, 0.3) is 0 Å². The Labute approximate surface area is 470 Å². The van der Waals surface area contributed by atoms with Crippen molar-refractivity contribution in [3.63, 3.8) is 0 Å². The number of fused-ring (bicyclic) bond motifs is 11. The lowest BCUT2D eigenvalue weighted by Crippen LogP contribution is -1.92. The van der Waals surface area contributed by atoms with Crippen molar-refractivity contribution in [2.45, 2.75) is 79.1 Å². The standard InChI is InChI=1S/C74H68N4O2/c1-43(2)47-17-25-51(26-18-47)69-63-33-34-64(75-63)70(52-27-19-48(20-28-52)44(3)4)66-36-38-68(77-66)72(54-31-23-50(24-32-54)46(7)8)74-62-42-60(56-14-12-16-58(40-56)80-10)59(55-13-11-15-57(39-55)79-9)41-61(62)73(78-74)71(67-37-35-65(69)76-67)53-29-21-49(22-30-53)45(5)6/h11-46,75,78H,1-10H3. The van der Waals surface area contributed by atoms with Crippen LogP contribution >= 0.6 is 0 Å². The normalized spacial score (nSPS) is 12.2. The van der Waals surface area contributed by atoms with Crippen molar-refractivity contribution >= 4 is 57.1 Å². The van der Waals surface area contributed by atoms with Crippen molar-refractivity contribution in [2.75, 3.05) is 14.2 Å². The zero-order chi connectivity index (χ0) is 55.3. The van der Waals surface area contributed by atoms with Crippen LogP contribution in [0.1, 0.15) is 124 Å². The van der Waals surface area contributed by atoms with E-state index in [2.05, 4.69) is 247 Å². The van der Waals surface area contributed by atoms with E-state index in [0.717, 1.165) is 134 Å². The van der Waals surface area contributed by atoms with Gasteiger partial charge in [-0.05, 0) is 163 Å². The average Bonchev–Trinajstić information content (AvgIpc) is 4.32. The van der Waals surface area contributed by atoms with Gasteiger partial charge in [-0.2, -0.15) is 0 Å². The van der Waals surface area contributed by atoms with E-state index in [4.69, 9.17) is 19.4 Å². The maximum absolute atomic E-state index is 5.91. The van der Waals surface area contributed by atoms with Gasteiger partial charge in [0.05, 0.1) is 48.0 Å². The number of benzene rings is 7. The lowest BCUT2D eigenvalue weighted by Gasteiger charge is -2.14. The molecule has 3 aromatic heterocycles. The minimum Gasteiger partial charge on any atom is -0.497 e. The van der Waals surface area contributed by atoms with E-state index in [9.17, 15) is 0 Å². The second-order valence-electron chi connectivity index (χ2n) is 22.6. The predicted octanol–water partition coefficient (Wildman–Crippen LogP) is 20.3. The molecule has 0 aliphatic carbocycles. The number of nitrogens with zero attached hydrogens (tertiary/aromatic N) is 2. The molecule has 10 aromatic rings. The van der Waals surface area contributed by atoms with Gasteiger partial charge in [-0.15, -0.1) is 0 Å². The summed E-state index contributed by atoms with van der Waals surface area (Å²) in [6, 6.07) is 62.1. The first kappa shape index (κ1) is 51.7. The molecule has 5 heterocycles. The van der Waals surface area contributed by atoms with E-state index < -0.39 is 0 Å². The second-order valence-corrected chi connectivity index (χ2v) is 22.6. The van der Waals surface area contributed by atoms with Crippen LogP contribution in [-0.4, -0.2) is 34.2 Å². The minimum absolute atomic E-state index is 0.358. The molecule has 0 spiro atoms. The predicted molar refractivity (Wildman–Crippen MR) is 338 cm³/mol. The molecule has 0 radical (unpaired) electrons. The molecule has 6 heteroatoms. The molecule has 0 fully saturated rings. The van der Waals surface area contributed by atoms with Crippen LogP contribution in [0, 0.1) is 0 Å². The fourth-order valence-corrected chi connectivity index (χ4v) is 11.6. The molecular weight excluding hydrogens is 977 g/mol. The molecule has 396 valence electrons. The van der Waals surface area contributed by atoms with Crippen molar-refractivity contribution < 1.29 is 9.47 Å². The summed E-state index contributed by atoms with van der Waals surface area (Å²) < 4.78 is 11.8. The smallest absolute Gasteiger partial charge is 0.119 e. The van der Waals surface area contributed by atoms with Crippen LogP contribution in [0.15, 0.2) is 170 Å². The Bertz CT molecular complexity index is 3960. The Morgan fingerprint density at radius 3 is 0.950 bits per heavy atom. The summed E-state index contributed by atoms with van der Waals surface area (Å²) in [6.07, 6.45) is 8.81. The molecule has 2 aliphatic rings. The molecule has 80 heavy (non-hydrogen) atoms. The van der Waals surface area contributed by atoms with Crippen LogP contribution < -0.4 is 9.47 Å². The molecular formula is C74H68N4O2. The van der Waals surface area contributed by atoms with Gasteiger partial charge in [0, 0.05) is 44.1 Å². The number of H-pyrrole nitrogens is 2. The first-order valence-corrected chi connectivity index (χ1v) is 28.2. The lowest BCUT2D eigenvalue weighted by molar-refractivity contribution is 0.415. The Morgan fingerprint density at radius 1 is 0.325 bits per heavy atom. The van der Waals surface area contributed by atoms with Crippen LogP contribution in [0.25, 0.3) is 124 Å². The summed E-state index contributed by atoms with van der Waals surface area (Å²) in [5.74, 6) is 3.06. The van der Waals surface area contributed by atoms with Gasteiger partial charge in [0.1, 0.15) is 11.5 Å². The van der Waals surface area contributed by atoms with Gasteiger partial charge in [-0.3, -0.25) is 0 Å². The number of nitrogens with one attached hydrogen (secondary N) is 2.